The van der Waals surface area contributed by atoms with Gasteiger partial charge in [0.05, 0.1) is 0 Å². The van der Waals surface area contributed by atoms with Gasteiger partial charge in [-0.3, -0.25) is 0 Å². The van der Waals surface area contributed by atoms with Crippen LogP contribution in [-0.2, 0) is 16.5 Å². The van der Waals surface area contributed by atoms with Crippen molar-refractivity contribution in [1.82, 2.24) is 0 Å². The molecule has 0 aromatic heterocycles. The first-order valence-corrected chi connectivity index (χ1v) is 4.98. The monoisotopic (exact) mass is 220 g/mol. The van der Waals surface area contributed by atoms with Crippen LogP contribution < -0.4 is 0 Å². The van der Waals surface area contributed by atoms with Gasteiger partial charge >= 0.3 is 0 Å². The molecule has 0 unspecified atom stereocenters. The van der Waals surface area contributed by atoms with Crippen molar-refractivity contribution in [3.05, 3.63) is 36.5 Å². The first-order valence-electron chi connectivity index (χ1n) is 4.98. The normalized spacial score (nSPS) is 18.5. The third kappa shape index (κ3) is 8.05. The van der Waals surface area contributed by atoms with E-state index >= 15 is 0 Å². The summed E-state index contributed by atoms with van der Waals surface area (Å²) in [5.74, 6) is 0. The van der Waals surface area contributed by atoms with Gasteiger partial charge < -0.3 is 0 Å². The van der Waals surface area contributed by atoms with E-state index < -0.39 is 0 Å². The predicted octanol–water partition coefficient (Wildman–Crippen LogP) is 4.01. The molecule has 0 N–H and O–H groups in total. The van der Waals surface area contributed by atoms with Crippen LogP contribution in [0, 0.1) is 0 Å². The van der Waals surface area contributed by atoms with Crippen LogP contribution in [0.3, 0.4) is 0 Å². The zero-order valence-corrected chi connectivity index (χ0v) is 9.01. The zero-order chi connectivity index (χ0) is 8.49. The molecule has 0 saturated carbocycles. The first kappa shape index (κ1) is 12.7. The van der Waals surface area contributed by atoms with Gasteiger partial charge in [0.25, 0.3) is 0 Å². The molecule has 0 fully saturated rings. The van der Waals surface area contributed by atoms with Crippen LogP contribution in [-0.4, -0.2) is 0 Å². The second-order valence-corrected chi connectivity index (χ2v) is 3.23. The van der Waals surface area contributed by atoms with E-state index in [1.54, 1.807) is 0 Å². The van der Waals surface area contributed by atoms with Gasteiger partial charge in [-0.05, 0) is 25.7 Å². The van der Waals surface area contributed by atoms with Crippen LogP contribution in [0.25, 0.3) is 0 Å². The van der Waals surface area contributed by atoms with E-state index in [9.17, 15) is 0 Å². The van der Waals surface area contributed by atoms with Gasteiger partial charge in [-0.25, -0.2) is 0 Å². The molecule has 0 aromatic rings. The quantitative estimate of drug-likeness (QED) is 0.542. The number of hydrogen-bond donors (Lipinski definition) is 0. The molecule has 0 bridgehead atoms. The Kier molecular flexibility index (Phi) is 9.58. The van der Waals surface area contributed by atoms with Gasteiger partial charge in [0.1, 0.15) is 0 Å². The molecule has 1 heteroatoms. The Hall–Kier alpha value is -0.286. The Morgan fingerprint density at radius 3 is 1.46 bits per heavy atom. The summed E-state index contributed by atoms with van der Waals surface area (Å²) in [4.78, 5) is 0. The summed E-state index contributed by atoms with van der Waals surface area (Å²) in [6.07, 6.45) is 21.0. The molecule has 0 aliphatic heterocycles. The molecule has 76 valence electrons. The second kappa shape index (κ2) is 9.80. The second-order valence-electron chi connectivity index (χ2n) is 3.23. The molecule has 0 nitrogen and oxygen atoms in total. The van der Waals surface area contributed by atoms with E-state index in [0.29, 0.717) is 0 Å². The zero-order valence-electron chi connectivity index (χ0n) is 8.02. The van der Waals surface area contributed by atoms with Crippen molar-refractivity contribution in [1.29, 1.82) is 0 Å². The summed E-state index contributed by atoms with van der Waals surface area (Å²) in [5, 5.41) is 0. The van der Waals surface area contributed by atoms with Crippen molar-refractivity contribution < 1.29 is 16.5 Å². The van der Waals surface area contributed by atoms with Crippen molar-refractivity contribution in [2.75, 3.05) is 0 Å². The Balaban J connectivity index is 0.00000144. The summed E-state index contributed by atoms with van der Waals surface area (Å²) in [7, 11) is 0. The van der Waals surface area contributed by atoms with Gasteiger partial charge in [-0.2, -0.15) is 0 Å². The molecular weight excluding hydrogens is 203 g/mol. The maximum atomic E-state index is 2.26. The van der Waals surface area contributed by atoms with Crippen molar-refractivity contribution in [3.63, 3.8) is 0 Å². The van der Waals surface area contributed by atoms with Gasteiger partial charge in [0.15, 0.2) is 0 Å². The minimum absolute atomic E-state index is 0. The molecule has 0 spiro atoms. The third-order valence-corrected chi connectivity index (χ3v) is 2.10. The van der Waals surface area contributed by atoms with E-state index in [1.165, 1.54) is 38.5 Å². The summed E-state index contributed by atoms with van der Waals surface area (Å²) in [5.41, 5.74) is 0. The van der Waals surface area contributed by atoms with E-state index in [4.69, 9.17) is 0 Å². The summed E-state index contributed by atoms with van der Waals surface area (Å²) in [6.45, 7) is 0. The van der Waals surface area contributed by atoms with Gasteiger partial charge in [0.2, 0.25) is 0 Å². The number of rotatable bonds is 0. The maximum Gasteiger partial charge on any atom is 0 e. The standard InChI is InChI=1S/C12H18.Ni/c1-2-4-6-8-10-12-11-9-7-5-3-1;/h1-6H,7-12H2;. The fourth-order valence-electron chi connectivity index (χ4n) is 1.36. The maximum absolute atomic E-state index is 2.26. The van der Waals surface area contributed by atoms with Gasteiger partial charge in [-0.1, -0.05) is 49.3 Å². The van der Waals surface area contributed by atoms with Crippen LogP contribution in [0.15, 0.2) is 36.5 Å². The molecule has 1 aliphatic rings. The van der Waals surface area contributed by atoms with Crippen LogP contribution in [0.1, 0.15) is 38.5 Å². The van der Waals surface area contributed by atoms with Crippen molar-refractivity contribution in [2.45, 2.75) is 38.5 Å². The van der Waals surface area contributed by atoms with Crippen molar-refractivity contribution in [2.24, 2.45) is 0 Å². The first-order chi connectivity index (χ1) is 6.00. The molecule has 0 aromatic carbocycles. The van der Waals surface area contributed by atoms with E-state index in [1.807, 2.05) is 0 Å². The molecule has 1 rings (SSSR count). The molecule has 13 heavy (non-hydrogen) atoms. The molecule has 0 amide bonds. The van der Waals surface area contributed by atoms with E-state index in [0.717, 1.165) is 0 Å². The Labute approximate surface area is 91.7 Å². The largest absolute Gasteiger partial charge is 0.0845 e. The summed E-state index contributed by atoms with van der Waals surface area (Å²) < 4.78 is 0. The SMILES string of the molecule is C1=CC=CCCCCCCC=C1.[Ni]. The van der Waals surface area contributed by atoms with E-state index in [-0.39, 0.29) is 16.5 Å². The molecular formula is C12H18Ni. The van der Waals surface area contributed by atoms with Crippen LogP contribution in [0.2, 0.25) is 0 Å². The van der Waals surface area contributed by atoms with Gasteiger partial charge in [0, 0.05) is 16.5 Å². The minimum Gasteiger partial charge on any atom is -0.0845 e. The Bertz CT molecular complexity index is 158. The number of allylic oxidation sites excluding steroid dienone is 6. The van der Waals surface area contributed by atoms with Gasteiger partial charge in [-0.15, -0.1) is 0 Å². The fraction of sp³-hybridized carbons (Fsp3) is 0.500. The molecule has 0 atom stereocenters. The van der Waals surface area contributed by atoms with Crippen LogP contribution in [0.4, 0.5) is 0 Å². The Morgan fingerprint density at radius 2 is 1.00 bits per heavy atom. The average Bonchev–Trinajstić information content (AvgIpc) is 2.05. The average molecular weight is 221 g/mol. The van der Waals surface area contributed by atoms with E-state index in [2.05, 4.69) is 36.5 Å². The van der Waals surface area contributed by atoms with Crippen molar-refractivity contribution in [3.8, 4) is 0 Å². The smallest absolute Gasteiger partial charge is 0 e. The number of hydrogen-bond acceptors (Lipinski definition) is 0. The molecule has 0 radical (unpaired) electrons. The summed E-state index contributed by atoms with van der Waals surface area (Å²) in [6, 6.07) is 0. The minimum atomic E-state index is 0. The fourth-order valence-corrected chi connectivity index (χ4v) is 1.36. The van der Waals surface area contributed by atoms with Crippen LogP contribution >= 0.6 is 0 Å². The molecule has 1 aliphatic carbocycles. The summed E-state index contributed by atoms with van der Waals surface area (Å²) >= 11 is 0. The third-order valence-electron chi connectivity index (χ3n) is 2.10. The van der Waals surface area contributed by atoms with Crippen molar-refractivity contribution >= 4 is 0 Å². The van der Waals surface area contributed by atoms with Crippen LogP contribution in [0.5, 0.6) is 0 Å². The predicted molar refractivity (Wildman–Crippen MR) is 55.1 cm³/mol. The molecule has 0 saturated heterocycles. The molecule has 0 heterocycles. The topological polar surface area (TPSA) is 0 Å². The Morgan fingerprint density at radius 1 is 0.538 bits per heavy atom.